The van der Waals surface area contributed by atoms with Gasteiger partial charge < -0.3 is 10.1 Å². The van der Waals surface area contributed by atoms with E-state index in [0.717, 1.165) is 10.8 Å². The van der Waals surface area contributed by atoms with Gasteiger partial charge in [-0.15, -0.1) is 0 Å². The van der Waals surface area contributed by atoms with Crippen LogP contribution in [0.2, 0.25) is 0 Å². The maximum Gasteiger partial charge on any atom is 0.343 e. The van der Waals surface area contributed by atoms with Crippen LogP contribution in [-0.4, -0.2) is 20.8 Å². The van der Waals surface area contributed by atoms with Gasteiger partial charge in [0.25, 0.3) is 5.82 Å². The van der Waals surface area contributed by atoms with Crippen LogP contribution in [0.1, 0.15) is 10.6 Å². The van der Waals surface area contributed by atoms with Crippen molar-refractivity contribution in [2.24, 2.45) is 7.05 Å². The molecular formula is C5H5N3O3. The molecule has 0 aliphatic rings. The minimum absolute atomic E-state index is 0.0525. The molecule has 6 nitrogen and oxygen atoms in total. The first kappa shape index (κ1) is 7.39. The van der Waals surface area contributed by atoms with E-state index in [1.807, 2.05) is 0 Å². The molecule has 0 bridgehead atoms. The topological polar surface area (TPSA) is 78.0 Å². The van der Waals surface area contributed by atoms with E-state index in [9.17, 15) is 14.9 Å². The summed E-state index contributed by atoms with van der Waals surface area (Å²) in [5.41, 5.74) is 0. The van der Waals surface area contributed by atoms with Gasteiger partial charge in [-0.2, -0.15) is 0 Å². The standard InChI is InChI=1S/C5H5N3O3/c1-7-4(3-9)6-2-5(7)8(10)11/h2-3H,1H3/i3+2. The highest BCUT2D eigenvalue weighted by molar-refractivity contribution is 5.70. The Hall–Kier alpha value is -1.72. The highest BCUT2D eigenvalue weighted by atomic mass is 16.6. The van der Waals surface area contributed by atoms with Gasteiger partial charge in [0.05, 0.1) is 7.05 Å². The minimum Gasteiger partial charge on any atom is -0.358 e. The molecule has 1 aromatic rings. The van der Waals surface area contributed by atoms with Gasteiger partial charge in [-0.25, -0.2) is 9.55 Å². The zero-order chi connectivity index (χ0) is 8.43. The third kappa shape index (κ3) is 1.09. The Balaban J connectivity index is 3.20. The Labute approximate surface area is 61.6 Å². The molecule has 1 heterocycles. The summed E-state index contributed by atoms with van der Waals surface area (Å²) in [5.74, 6) is -0.135. The number of aromatic nitrogens is 2. The predicted octanol–water partition coefficient (Wildman–Crippen LogP) is 0.141. The molecule has 0 aliphatic heterocycles. The summed E-state index contributed by atoms with van der Waals surface area (Å²) in [5, 5.41) is 10.2. The quantitative estimate of drug-likeness (QED) is 0.347. The Bertz CT molecular complexity index is 304. The van der Waals surface area contributed by atoms with Crippen LogP contribution >= 0.6 is 0 Å². The summed E-state index contributed by atoms with van der Waals surface area (Å²) in [6.45, 7) is 0. The molecule has 58 valence electrons. The lowest BCUT2D eigenvalue weighted by atomic mass is 10.7. The predicted molar refractivity (Wildman–Crippen MR) is 35.2 cm³/mol. The van der Waals surface area contributed by atoms with Crippen LogP contribution in [0.3, 0.4) is 0 Å². The molecule has 0 radical (unpaired) electrons. The Morgan fingerprint density at radius 2 is 2.45 bits per heavy atom. The molecule has 0 unspecified atom stereocenters. The fraction of sp³-hybridized carbons (Fsp3) is 0.200. The van der Waals surface area contributed by atoms with E-state index in [1.54, 1.807) is 0 Å². The zero-order valence-corrected chi connectivity index (χ0v) is 5.72. The summed E-state index contributed by atoms with van der Waals surface area (Å²) < 4.78 is 1.12. The lowest BCUT2D eigenvalue weighted by molar-refractivity contribution is -0.391. The first-order valence-corrected chi connectivity index (χ1v) is 2.78. The van der Waals surface area contributed by atoms with Gasteiger partial charge in [0, 0.05) is 0 Å². The van der Waals surface area contributed by atoms with Crippen LogP contribution < -0.4 is 0 Å². The van der Waals surface area contributed by atoms with Crippen LogP contribution in [0.5, 0.6) is 0 Å². The SMILES string of the molecule is Cn1c([N+](=O)[O-])cnc1[14CH]=O. The Morgan fingerprint density at radius 3 is 2.73 bits per heavy atom. The average Bonchev–Trinajstić information content (AvgIpc) is 2.30. The van der Waals surface area contributed by atoms with Gasteiger partial charge in [0.15, 0.2) is 0 Å². The fourth-order valence-electron chi connectivity index (χ4n) is 0.694. The summed E-state index contributed by atoms with van der Waals surface area (Å²) in [7, 11) is 1.41. The van der Waals surface area contributed by atoms with Crippen LogP contribution in [0, 0.1) is 10.1 Å². The summed E-state index contributed by atoms with van der Waals surface area (Å²) in [6, 6.07) is 0. The summed E-state index contributed by atoms with van der Waals surface area (Å²) >= 11 is 0. The number of aldehydes is 1. The van der Waals surface area contributed by atoms with Gasteiger partial charge in [0.1, 0.15) is 6.20 Å². The van der Waals surface area contributed by atoms with Crippen molar-refractivity contribution in [1.82, 2.24) is 9.55 Å². The fourth-order valence-corrected chi connectivity index (χ4v) is 0.694. The molecule has 0 aliphatic carbocycles. The molecule has 0 atom stereocenters. The van der Waals surface area contributed by atoms with Crippen LogP contribution in [0.4, 0.5) is 5.82 Å². The second-order valence-electron chi connectivity index (χ2n) is 1.91. The number of hydrogen-bond donors (Lipinski definition) is 0. The maximum atomic E-state index is 10.2. The van der Waals surface area contributed by atoms with Gasteiger partial charge in [-0.3, -0.25) is 4.79 Å². The molecule has 1 rings (SSSR count). The monoisotopic (exact) mass is 157 g/mol. The van der Waals surface area contributed by atoms with E-state index >= 15 is 0 Å². The van der Waals surface area contributed by atoms with E-state index < -0.39 is 4.92 Å². The van der Waals surface area contributed by atoms with Crippen LogP contribution in [0.15, 0.2) is 6.20 Å². The Morgan fingerprint density at radius 1 is 1.82 bits per heavy atom. The van der Waals surface area contributed by atoms with Crippen molar-refractivity contribution in [2.45, 2.75) is 0 Å². The van der Waals surface area contributed by atoms with Crippen LogP contribution in [0.25, 0.3) is 0 Å². The number of imidazole rings is 1. The second kappa shape index (κ2) is 2.49. The average molecular weight is 157 g/mol. The van der Waals surface area contributed by atoms with Crippen molar-refractivity contribution >= 4 is 12.1 Å². The molecule has 0 saturated carbocycles. The maximum absolute atomic E-state index is 10.2. The largest absolute Gasteiger partial charge is 0.358 e. The number of carbonyl (C=O) groups is 1. The molecule has 0 spiro atoms. The van der Waals surface area contributed by atoms with Gasteiger partial charge in [-0.05, 0) is 4.92 Å². The molecule has 1 aromatic heterocycles. The number of nitro groups is 1. The van der Waals surface area contributed by atoms with E-state index in [0.29, 0.717) is 6.29 Å². The van der Waals surface area contributed by atoms with Crippen molar-refractivity contribution in [3.63, 3.8) is 0 Å². The molecule has 0 fully saturated rings. The first-order valence-electron chi connectivity index (χ1n) is 2.78. The second-order valence-corrected chi connectivity index (χ2v) is 1.91. The minimum atomic E-state index is -0.597. The van der Waals surface area contributed by atoms with Gasteiger partial charge in [-0.1, -0.05) is 0 Å². The highest BCUT2D eigenvalue weighted by Gasteiger charge is 2.14. The Kier molecular flexibility index (Phi) is 1.67. The van der Waals surface area contributed by atoms with Crippen molar-refractivity contribution in [2.75, 3.05) is 0 Å². The molecule has 6 heteroatoms. The van der Waals surface area contributed by atoms with E-state index in [4.69, 9.17) is 0 Å². The summed E-state index contributed by atoms with van der Waals surface area (Å²) in [4.78, 5) is 23.2. The van der Waals surface area contributed by atoms with Crippen molar-refractivity contribution in [3.8, 4) is 0 Å². The number of carbonyl (C=O) groups excluding carboxylic acids is 1. The van der Waals surface area contributed by atoms with Crippen molar-refractivity contribution in [3.05, 3.63) is 22.1 Å². The third-order valence-electron chi connectivity index (χ3n) is 1.29. The lowest BCUT2D eigenvalue weighted by Crippen LogP contribution is -2.00. The molecule has 0 aromatic carbocycles. The van der Waals surface area contributed by atoms with Crippen molar-refractivity contribution in [1.29, 1.82) is 0 Å². The smallest absolute Gasteiger partial charge is 0.343 e. The molecule has 0 saturated heterocycles. The first-order chi connectivity index (χ1) is 5.16. The van der Waals surface area contributed by atoms with Crippen molar-refractivity contribution < 1.29 is 9.72 Å². The molecule has 0 N–H and O–H groups in total. The number of hydrogen-bond acceptors (Lipinski definition) is 4. The van der Waals surface area contributed by atoms with Gasteiger partial charge >= 0.3 is 5.82 Å². The number of nitrogens with zero attached hydrogens (tertiary/aromatic N) is 3. The molecule has 0 amide bonds. The van der Waals surface area contributed by atoms with E-state index in [2.05, 4.69) is 4.98 Å². The molecular weight excluding hydrogens is 152 g/mol. The lowest BCUT2D eigenvalue weighted by Gasteiger charge is -1.91. The normalized spacial score (nSPS) is 9.55. The van der Waals surface area contributed by atoms with Crippen LogP contribution in [-0.2, 0) is 7.05 Å². The number of rotatable bonds is 2. The highest BCUT2D eigenvalue weighted by Crippen LogP contribution is 2.09. The third-order valence-corrected chi connectivity index (χ3v) is 1.29. The summed E-state index contributed by atoms with van der Waals surface area (Å²) in [6.07, 6.45) is 1.51. The van der Waals surface area contributed by atoms with E-state index in [1.165, 1.54) is 7.05 Å². The van der Waals surface area contributed by atoms with E-state index in [-0.39, 0.29) is 11.6 Å². The zero-order valence-electron chi connectivity index (χ0n) is 5.72. The molecule has 11 heavy (non-hydrogen) atoms. The van der Waals surface area contributed by atoms with Gasteiger partial charge in [0.2, 0.25) is 6.29 Å².